The van der Waals surface area contributed by atoms with Gasteiger partial charge >= 0.3 is 0 Å². The van der Waals surface area contributed by atoms with E-state index in [-0.39, 0.29) is 6.04 Å². The summed E-state index contributed by atoms with van der Waals surface area (Å²) in [5.74, 6) is 5.68. The summed E-state index contributed by atoms with van der Waals surface area (Å²) in [6, 6.07) is 6.24. The van der Waals surface area contributed by atoms with E-state index in [9.17, 15) is 0 Å². The Kier molecular flexibility index (Phi) is 3.57. The van der Waals surface area contributed by atoms with Gasteiger partial charge < -0.3 is 0 Å². The van der Waals surface area contributed by atoms with Crippen molar-refractivity contribution in [2.24, 2.45) is 5.84 Å². The van der Waals surface area contributed by atoms with E-state index < -0.39 is 0 Å². The number of hydrazine groups is 1. The zero-order valence-electron chi connectivity index (χ0n) is 10.3. The Hall–Kier alpha value is -1.23. The minimum Gasteiger partial charge on any atom is -0.271 e. The number of benzene rings is 1. The third-order valence-corrected chi connectivity index (χ3v) is 3.85. The number of nitrogens with one attached hydrogen (secondary N) is 1. The first-order valence-corrected chi connectivity index (χ1v) is 6.45. The molecular formula is C13H17N3S. The van der Waals surface area contributed by atoms with Gasteiger partial charge in [0.05, 0.1) is 16.7 Å². The number of aromatic nitrogens is 1. The standard InChI is InChI=1S/C13H17N3S/c1-8-5-4-6-11(9(8)2)13(16-14)12-7-17-10(3)15-12/h4-7,13,16H,14H2,1-3H3. The molecule has 0 saturated heterocycles. The molecule has 90 valence electrons. The van der Waals surface area contributed by atoms with Crippen LogP contribution in [0.1, 0.15) is 33.4 Å². The molecule has 1 aromatic heterocycles. The monoisotopic (exact) mass is 247 g/mol. The lowest BCUT2D eigenvalue weighted by Gasteiger charge is -2.17. The van der Waals surface area contributed by atoms with Crippen molar-refractivity contribution in [1.29, 1.82) is 0 Å². The molecule has 1 aromatic carbocycles. The number of hydrogen-bond donors (Lipinski definition) is 2. The molecule has 2 rings (SSSR count). The molecule has 0 saturated carbocycles. The van der Waals surface area contributed by atoms with Crippen LogP contribution in [-0.2, 0) is 0 Å². The summed E-state index contributed by atoms with van der Waals surface area (Å²) in [4.78, 5) is 4.51. The van der Waals surface area contributed by atoms with Crippen molar-refractivity contribution in [3.05, 3.63) is 51.0 Å². The normalized spacial score (nSPS) is 12.7. The summed E-state index contributed by atoms with van der Waals surface area (Å²) in [6.45, 7) is 6.23. The first-order chi connectivity index (χ1) is 8.13. The Morgan fingerprint density at radius 3 is 2.65 bits per heavy atom. The van der Waals surface area contributed by atoms with Gasteiger partial charge in [-0.3, -0.25) is 5.84 Å². The van der Waals surface area contributed by atoms with Crippen LogP contribution in [0.5, 0.6) is 0 Å². The molecule has 0 bridgehead atoms. The first-order valence-electron chi connectivity index (χ1n) is 5.57. The molecule has 1 unspecified atom stereocenters. The average molecular weight is 247 g/mol. The SMILES string of the molecule is Cc1nc(C(NN)c2cccc(C)c2C)cs1. The molecule has 0 aliphatic rings. The Bertz CT molecular complexity index is 519. The van der Waals surface area contributed by atoms with Crippen LogP contribution in [0.25, 0.3) is 0 Å². The van der Waals surface area contributed by atoms with E-state index in [1.165, 1.54) is 16.7 Å². The van der Waals surface area contributed by atoms with Crippen LogP contribution in [0.3, 0.4) is 0 Å². The van der Waals surface area contributed by atoms with Crippen molar-refractivity contribution >= 4 is 11.3 Å². The van der Waals surface area contributed by atoms with E-state index in [1.54, 1.807) is 11.3 Å². The van der Waals surface area contributed by atoms with Gasteiger partial charge in [-0.1, -0.05) is 18.2 Å². The second kappa shape index (κ2) is 4.96. The van der Waals surface area contributed by atoms with Crippen LogP contribution in [0, 0.1) is 20.8 Å². The summed E-state index contributed by atoms with van der Waals surface area (Å²) in [5.41, 5.74) is 7.58. The minimum absolute atomic E-state index is 0.0279. The Labute approximate surface area is 106 Å². The Balaban J connectivity index is 2.45. The highest BCUT2D eigenvalue weighted by Gasteiger charge is 2.17. The molecule has 0 aliphatic carbocycles. The fourth-order valence-electron chi connectivity index (χ4n) is 1.93. The zero-order valence-corrected chi connectivity index (χ0v) is 11.1. The van der Waals surface area contributed by atoms with Crippen LogP contribution < -0.4 is 11.3 Å². The van der Waals surface area contributed by atoms with Gasteiger partial charge in [-0.2, -0.15) is 0 Å². The second-order valence-corrected chi connectivity index (χ2v) is 5.24. The second-order valence-electron chi connectivity index (χ2n) is 4.18. The quantitative estimate of drug-likeness (QED) is 0.647. The van der Waals surface area contributed by atoms with Gasteiger partial charge in [0.25, 0.3) is 0 Å². The van der Waals surface area contributed by atoms with Crippen molar-refractivity contribution < 1.29 is 0 Å². The number of rotatable bonds is 3. The van der Waals surface area contributed by atoms with Crippen LogP contribution in [-0.4, -0.2) is 4.98 Å². The molecule has 3 nitrogen and oxygen atoms in total. The molecule has 0 amide bonds. The zero-order chi connectivity index (χ0) is 12.4. The largest absolute Gasteiger partial charge is 0.271 e. The molecule has 1 heterocycles. The van der Waals surface area contributed by atoms with Crippen molar-refractivity contribution in [2.75, 3.05) is 0 Å². The predicted molar refractivity (Wildman–Crippen MR) is 71.9 cm³/mol. The highest BCUT2D eigenvalue weighted by atomic mass is 32.1. The average Bonchev–Trinajstić information content (AvgIpc) is 2.72. The summed E-state index contributed by atoms with van der Waals surface area (Å²) in [7, 11) is 0. The third kappa shape index (κ3) is 2.39. The number of hydrogen-bond acceptors (Lipinski definition) is 4. The lowest BCUT2D eigenvalue weighted by Crippen LogP contribution is -2.29. The van der Waals surface area contributed by atoms with E-state index in [0.29, 0.717) is 0 Å². The summed E-state index contributed by atoms with van der Waals surface area (Å²) in [6.07, 6.45) is 0. The van der Waals surface area contributed by atoms with E-state index in [1.807, 2.05) is 6.92 Å². The van der Waals surface area contributed by atoms with E-state index >= 15 is 0 Å². The smallest absolute Gasteiger partial charge is 0.0898 e. The molecule has 0 fully saturated rings. The molecule has 1 atom stereocenters. The molecule has 3 N–H and O–H groups in total. The van der Waals surface area contributed by atoms with Crippen LogP contribution in [0.15, 0.2) is 23.6 Å². The maximum atomic E-state index is 5.68. The molecular weight excluding hydrogens is 230 g/mol. The fourth-order valence-corrected chi connectivity index (χ4v) is 2.57. The van der Waals surface area contributed by atoms with Crippen molar-refractivity contribution in [3.8, 4) is 0 Å². The van der Waals surface area contributed by atoms with Gasteiger partial charge in [-0.05, 0) is 37.5 Å². The number of aryl methyl sites for hydroxylation is 2. The lowest BCUT2D eigenvalue weighted by atomic mass is 9.96. The van der Waals surface area contributed by atoms with E-state index in [0.717, 1.165) is 10.7 Å². The van der Waals surface area contributed by atoms with Gasteiger partial charge in [0.2, 0.25) is 0 Å². The predicted octanol–water partition coefficient (Wildman–Crippen LogP) is 2.62. The highest BCUT2D eigenvalue weighted by molar-refractivity contribution is 7.09. The Morgan fingerprint density at radius 2 is 2.06 bits per heavy atom. The summed E-state index contributed by atoms with van der Waals surface area (Å²) < 4.78 is 0. The van der Waals surface area contributed by atoms with Crippen LogP contribution in [0.4, 0.5) is 0 Å². The van der Waals surface area contributed by atoms with Gasteiger partial charge in [-0.15, -0.1) is 11.3 Å². The molecule has 2 aromatic rings. The minimum atomic E-state index is -0.0279. The van der Waals surface area contributed by atoms with Crippen molar-refractivity contribution in [2.45, 2.75) is 26.8 Å². The molecule has 4 heteroatoms. The van der Waals surface area contributed by atoms with Gasteiger partial charge in [0.1, 0.15) is 0 Å². The lowest BCUT2D eigenvalue weighted by molar-refractivity contribution is 0.619. The number of nitrogens with two attached hydrogens (primary N) is 1. The topological polar surface area (TPSA) is 50.9 Å². The van der Waals surface area contributed by atoms with Crippen LogP contribution >= 0.6 is 11.3 Å². The first kappa shape index (κ1) is 12.2. The van der Waals surface area contributed by atoms with E-state index in [4.69, 9.17) is 5.84 Å². The number of thiazole rings is 1. The molecule has 0 radical (unpaired) electrons. The van der Waals surface area contributed by atoms with Crippen molar-refractivity contribution in [3.63, 3.8) is 0 Å². The molecule has 0 aliphatic heterocycles. The number of nitrogens with zero attached hydrogens (tertiary/aromatic N) is 1. The van der Waals surface area contributed by atoms with Gasteiger partial charge in [-0.25, -0.2) is 10.4 Å². The van der Waals surface area contributed by atoms with Gasteiger partial charge in [0, 0.05) is 5.38 Å². The summed E-state index contributed by atoms with van der Waals surface area (Å²) in [5, 5.41) is 3.12. The Morgan fingerprint density at radius 1 is 1.29 bits per heavy atom. The molecule has 0 spiro atoms. The van der Waals surface area contributed by atoms with E-state index in [2.05, 4.69) is 47.8 Å². The molecule has 17 heavy (non-hydrogen) atoms. The maximum absolute atomic E-state index is 5.68. The van der Waals surface area contributed by atoms with Crippen LogP contribution in [0.2, 0.25) is 0 Å². The highest BCUT2D eigenvalue weighted by Crippen LogP contribution is 2.26. The van der Waals surface area contributed by atoms with Gasteiger partial charge in [0.15, 0.2) is 0 Å². The third-order valence-electron chi connectivity index (χ3n) is 3.06. The summed E-state index contributed by atoms with van der Waals surface area (Å²) >= 11 is 1.65. The van der Waals surface area contributed by atoms with Crippen molar-refractivity contribution in [1.82, 2.24) is 10.4 Å². The fraction of sp³-hybridized carbons (Fsp3) is 0.308. The maximum Gasteiger partial charge on any atom is 0.0898 e.